The van der Waals surface area contributed by atoms with Gasteiger partial charge in [-0.1, -0.05) is 47.5 Å². The number of allylic oxidation sites excluding steroid dienone is 3. The van der Waals surface area contributed by atoms with Crippen LogP contribution in [0.5, 0.6) is 5.75 Å². The molecule has 1 N–H and O–H groups in total. The van der Waals surface area contributed by atoms with Crippen molar-refractivity contribution in [3.8, 4) is 5.75 Å². The number of para-hydroxylation sites is 1. The largest absolute Gasteiger partial charge is 0.507 e. The number of anilines is 3. The zero-order chi connectivity index (χ0) is 35.8. The van der Waals surface area contributed by atoms with Crippen LogP contribution in [0.1, 0.15) is 36.8 Å². The summed E-state index contributed by atoms with van der Waals surface area (Å²) in [5, 5.41) is 11.5. The number of halogens is 2. The molecule has 3 saturated heterocycles. The lowest BCUT2D eigenvalue weighted by atomic mass is 9.51. The maximum Gasteiger partial charge on any atom is 0.241 e. The number of hydrogen-bond donors (Lipinski definition) is 1. The van der Waals surface area contributed by atoms with E-state index in [0.717, 1.165) is 35.3 Å². The summed E-state index contributed by atoms with van der Waals surface area (Å²) in [4.78, 5) is 62.2. The molecule has 0 aromatic heterocycles. The van der Waals surface area contributed by atoms with E-state index >= 15 is 0 Å². The highest BCUT2D eigenvalue weighted by Crippen LogP contribution is 2.64. The van der Waals surface area contributed by atoms with Crippen LogP contribution in [0, 0.1) is 34.9 Å². The Morgan fingerprint density at radius 3 is 2.35 bits per heavy atom. The zero-order valence-corrected chi connectivity index (χ0v) is 28.8. The first-order valence-corrected chi connectivity index (χ1v) is 17.7. The number of ether oxygens (including phenoxy) is 1. The lowest BCUT2D eigenvalue weighted by Gasteiger charge is -2.49. The van der Waals surface area contributed by atoms with Crippen LogP contribution in [-0.4, -0.2) is 55.0 Å². The van der Waals surface area contributed by atoms with E-state index in [4.69, 9.17) is 16.3 Å². The number of nitrogens with zero attached hydrogens (tertiary/aromatic N) is 3. The minimum atomic E-state index is -1.38. The molecule has 51 heavy (non-hydrogen) atoms. The molecule has 0 radical (unpaired) electrons. The molecule has 4 amide bonds. The van der Waals surface area contributed by atoms with E-state index < -0.39 is 52.6 Å². The summed E-state index contributed by atoms with van der Waals surface area (Å²) < 4.78 is 19.7. The molecule has 0 bridgehead atoms. The van der Waals surface area contributed by atoms with Crippen molar-refractivity contribution in [3.05, 3.63) is 107 Å². The third-order valence-corrected chi connectivity index (χ3v) is 12.0. The number of carbonyl (C=O) groups is 4. The van der Waals surface area contributed by atoms with Crippen molar-refractivity contribution in [2.75, 3.05) is 41.0 Å². The van der Waals surface area contributed by atoms with E-state index in [1.54, 1.807) is 43.3 Å². The van der Waals surface area contributed by atoms with Crippen LogP contribution in [0.4, 0.5) is 21.5 Å². The fourth-order valence-electron chi connectivity index (χ4n) is 9.28. The van der Waals surface area contributed by atoms with Crippen molar-refractivity contribution < 1.29 is 33.4 Å². The number of phenols is 1. The molecule has 262 valence electrons. The third-order valence-electron chi connectivity index (χ3n) is 11.7. The molecule has 8 rings (SSSR count). The van der Waals surface area contributed by atoms with Crippen LogP contribution in [0.2, 0.25) is 5.02 Å². The van der Waals surface area contributed by atoms with Gasteiger partial charge in [-0.3, -0.25) is 24.1 Å². The van der Waals surface area contributed by atoms with Gasteiger partial charge < -0.3 is 14.7 Å². The summed E-state index contributed by atoms with van der Waals surface area (Å²) in [5.41, 5.74) is 2.05. The highest BCUT2D eigenvalue weighted by molar-refractivity contribution is 6.32. The molecule has 0 unspecified atom stereocenters. The second-order valence-corrected chi connectivity index (χ2v) is 14.6. The summed E-state index contributed by atoms with van der Waals surface area (Å²) in [6.45, 7) is 8.32. The monoisotopic (exact) mass is 709 g/mol. The lowest BCUT2D eigenvalue weighted by Crippen LogP contribution is -2.49. The predicted octanol–water partition coefficient (Wildman–Crippen LogP) is 6.19. The molecule has 0 spiro atoms. The van der Waals surface area contributed by atoms with Gasteiger partial charge in [-0.05, 0) is 80.1 Å². The van der Waals surface area contributed by atoms with Crippen LogP contribution < -0.4 is 14.7 Å². The number of aromatic hydroxyl groups is 1. The van der Waals surface area contributed by atoms with Gasteiger partial charge in [0.1, 0.15) is 11.6 Å². The van der Waals surface area contributed by atoms with Crippen molar-refractivity contribution in [1.29, 1.82) is 0 Å². The van der Waals surface area contributed by atoms with Gasteiger partial charge in [-0.15, -0.1) is 6.58 Å². The third kappa shape index (κ3) is 4.98. The Labute approximate surface area is 299 Å². The van der Waals surface area contributed by atoms with Gasteiger partial charge >= 0.3 is 0 Å². The van der Waals surface area contributed by atoms with Crippen molar-refractivity contribution >= 4 is 52.3 Å². The summed E-state index contributed by atoms with van der Waals surface area (Å²) >= 11 is 6.11. The van der Waals surface area contributed by atoms with Crippen LogP contribution in [0.15, 0.2) is 85.0 Å². The summed E-state index contributed by atoms with van der Waals surface area (Å²) in [5.74, 6) is -6.00. The van der Waals surface area contributed by atoms with Gasteiger partial charge in [-0.2, -0.15) is 0 Å². The average Bonchev–Trinajstić information content (AvgIpc) is 3.50. The van der Waals surface area contributed by atoms with Crippen molar-refractivity contribution in [2.45, 2.75) is 32.1 Å². The van der Waals surface area contributed by atoms with Crippen molar-refractivity contribution in [1.82, 2.24) is 0 Å². The maximum atomic E-state index is 14.7. The standard InChI is InChI=1S/C40H37ClFN3O6/c1-3-5-22-6-4-7-28(35(22)46)34-26-13-14-27-33(38(49)44(36(27)47)24-10-8-23(9-11-24)43-16-18-51-19-17-43)29(26)21-30-37(48)45(39(50)40(30,34)2)25-12-15-32(42)31(41)20-25/h3-4,6-13,15,20,27,29-30,33-34,46H,1,5,14,16-19,21H2,2H3/t27-,29+,30-,33-,34+,40+/m0/s1. The smallest absolute Gasteiger partial charge is 0.241 e. The molecule has 11 heteroatoms. The topological polar surface area (TPSA) is 107 Å². The lowest BCUT2D eigenvalue weighted by molar-refractivity contribution is -0.131. The Balaban J connectivity index is 1.21. The molecule has 1 saturated carbocycles. The van der Waals surface area contributed by atoms with E-state index in [9.17, 15) is 28.7 Å². The number of hydrogen-bond acceptors (Lipinski definition) is 7. The molecule has 9 nitrogen and oxygen atoms in total. The molecule has 6 atom stereocenters. The number of morpholine rings is 1. The molecular weight excluding hydrogens is 673 g/mol. The van der Waals surface area contributed by atoms with Crippen LogP contribution in [0.3, 0.4) is 0 Å². The van der Waals surface area contributed by atoms with Gasteiger partial charge in [0, 0.05) is 30.3 Å². The molecule has 3 aliphatic heterocycles. The SMILES string of the molecule is C=CCc1cccc([C@H]2C3=CC[C@@H]4C(=O)N(c5ccc(N6CCOCC6)cc5)C(=O)[C@@H]4[C@@H]3C[C@H]3C(=O)N(c4ccc(F)c(Cl)c4)C(=O)[C@@]23C)c1O. The molecular formula is C40H37ClFN3O6. The summed E-state index contributed by atoms with van der Waals surface area (Å²) in [6, 6.07) is 16.5. The maximum absolute atomic E-state index is 14.7. The Hall–Kier alpha value is -4.80. The second-order valence-electron chi connectivity index (χ2n) is 14.2. The molecule has 2 aliphatic carbocycles. The Kier molecular flexibility index (Phi) is 8.14. The van der Waals surface area contributed by atoms with E-state index in [1.807, 2.05) is 18.2 Å². The minimum Gasteiger partial charge on any atom is -0.507 e. The highest BCUT2D eigenvalue weighted by Gasteiger charge is 2.68. The number of imide groups is 2. The Bertz CT molecular complexity index is 2030. The van der Waals surface area contributed by atoms with Gasteiger partial charge in [0.2, 0.25) is 23.6 Å². The summed E-state index contributed by atoms with van der Waals surface area (Å²) in [6.07, 6.45) is 4.41. The first kappa shape index (κ1) is 33.3. The van der Waals surface area contributed by atoms with Gasteiger partial charge in [0.05, 0.1) is 52.8 Å². The Morgan fingerprint density at radius 1 is 0.941 bits per heavy atom. The normalized spacial score (nSPS) is 28.8. The molecule has 5 aliphatic rings. The number of phenolic OH excluding ortho intramolecular Hbond substituents is 1. The minimum absolute atomic E-state index is 0.00890. The van der Waals surface area contributed by atoms with E-state index in [0.29, 0.717) is 36.4 Å². The molecule has 4 fully saturated rings. The first-order chi connectivity index (χ1) is 24.6. The van der Waals surface area contributed by atoms with Crippen molar-refractivity contribution in [2.24, 2.45) is 29.1 Å². The van der Waals surface area contributed by atoms with E-state index in [2.05, 4.69) is 11.5 Å². The summed E-state index contributed by atoms with van der Waals surface area (Å²) in [7, 11) is 0. The Morgan fingerprint density at radius 2 is 1.65 bits per heavy atom. The predicted molar refractivity (Wildman–Crippen MR) is 190 cm³/mol. The second kappa shape index (κ2) is 12.5. The molecule has 3 aromatic rings. The molecule has 3 heterocycles. The van der Waals surface area contributed by atoms with E-state index in [-0.39, 0.29) is 41.1 Å². The van der Waals surface area contributed by atoms with Crippen LogP contribution >= 0.6 is 11.6 Å². The van der Waals surface area contributed by atoms with Gasteiger partial charge in [-0.25, -0.2) is 9.29 Å². The van der Waals surface area contributed by atoms with Gasteiger partial charge in [0.25, 0.3) is 0 Å². The zero-order valence-electron chi connectivity index (χ0n) is 28.1. The average molecular weight is 710 g/mol. The van der Waals surface area contributed by atoms with Crippen LogP contribution in [-0.2, 0) is 30.3 Å². The first-order valence-electron chi connectivity index (χ1n) is 17.3. The van der Waals surface area contributed by atoms with Crippen molar-refractivity contribution in [3.63, 3.8) is 0 Å². The fourth-order valence-corrected chi connectivity index (χ4v) is 9.46. The number of carbonyl (C=O) groups excluding carboxylic acids is 4. The fraction of sp³-hybridized carbons (Fsp3) is 0.350. The number of amides is 4. The number of rotatable bonds is 6. The van der Waals surface area contributed by atoms with E-state index in [1.165, 1.54) is 17.0 Å². The highest BCUT2D eigenvalue weighted by atomic mass is 35.5. The quantitative estimate of drug-likeness (QED) is 0.241. The number of benzene rings is 3. The molecule has 3 aromatic carbocycles. The van der Waals surface area contributed by atoms with Crippen LogP contribution in [0.25, 0.3) is 0 Å². The number of fused-ring (bicyclic) bond motifs is 4. The van der Waals surface area contributed by atoms with Gasteiger partial charge in [0.15, 0.2) is 0 Å².